The number of rotatable bonds is 3. The van der Waals surface area contributed by atoms with E-state index in [0.717, 1.165) is 18.2 Å². The van der Waals surface area contributed by atoms with Gasteiger partial charge < -0.3 is 14.7 Å². The summed E-state index contributed by atoms with van der Waals surface area (Å²) in [6, 6.07) is 2.72. The second-order valence-electron chi connectivity index (χ2n) is 3.48. The molecule has 2 N–H and O–H groups in total. The van der Waals surface area contributed by atoms with Crippen LogP contribution in [-0.2, 0) is 0 Å². The van der Waals surface area contributed by atoms with Gasteiger partial charge in [-0.2, -0.15) is 0 Å². The first kappa shape index (κ1) is 12.7. The number of carboxylic acids is 2. The molecule has 6 nitrogen and oxygen atoms in total. The van der Waals surface area contributed by atoms with Crippen molar-refractivity contribution in [3.8, 4) is 11.3 Å². The highest BCUT2D eigenvalue weighted by atomic mass is 19.2. The van der Waals surface area contributed by atoms with Gasteiger partial charge in [-0.3, -0.25) is 0 Å². The van der Waals surface area contributed by atoms with Crippen LogP contribution >= 0.6 is 0 Å². The van der Waals surface area contributed by atoms with Crippen LogP contribution in [-0.4, -0.2) is 27.3 Å². The molecular weight excluding hydrogens is 264 g/mol. The average molecular weight is 269 g/mol. The Labute approximate surface area is 103 Å². The Hall–Kier alpha value is -2.77. The highest BCUT2D eigenvalue weighted by Crippen LogP contribution is 2.27. The zero-order valence-corrected chi connectivity index (χ0v) is 9.05. The van der Waals surface area contributed by atoms with E-state index >= 15 is 0 Å². The van der Waals surface area contributed by atoms with Crippen molar-refractivity contribution in [1.82, 2.24) is 5.16 Å². The van der Waals surface area contributed by atoms with Crippen LogP contribution < -0.4 is 0 Å². The first-order valence-electron chi connectivity index (χ1n) is 4.83. The summed E-state index contributed by atoms with van der Waals surface area (Å²) >= 11 is 0. The molecule has 0 aliphatic carbocycles. The van der Waals surface area contributed by atoms with Gasteiger partial charge in [-0.25, -0.2) is 18.4 Å². The van der Waals surface area contributed by atoms with E-state index in [4.69, 9.17) is 10.2 Å². The Morgan fingerprint density at radius 3 is 2.32 bits per heavy atom. The number of hydrogen-bond donors (Lipinski definition) is 2. The highest BCUT2D eigenvalue weighted by Gasteiger charge is 2.22. The van der Waals surface area contributed by atoms with Crippen LogP contribution in [0.3, 0.4) is 0 Å². The smallest absolute Gasteiger partial charge is 0.358 e. The summed E-state index contributed by atoms with van der Waals surface area (Å²) < 4.78 is 31.6. The van der Waals surface area contributed by atoms with Gasteiger partial charge in [0.05, 0.1) is 11.1 Å². The summed E-state index contributed by atoms with van der Waals surface area (Å²) in [7, 11) is 0. The quantitative estimate of drug-likeness (QED) is 0.883. The maximum absolute atomic E-state index is 13.6. The van der Waals surface area contributed by atoms with E-state index in [-0.39, 0.29) is 5.76 Å². The fraction of sp³-hybridized carbons (Fsp3) is 0. The Kier molecular flexibility index (Phi) is 2.99. The van der Waals surface area contributed by atoms with Crippen molar-refractivity contribution in [1.29, 1.82) is 0 Å². The van der Waals surface area contributed by atoms with E-state index in [2.05, 4.69) is 9.68 Å². The normalized spacial score (nSPS) is 10.4. The number of benzene rings is 1. The van der Waals surface area contributed by atoms with Crippen LogP contribution in [0.25, 0.3) is 11.3 Å². The number of halogens is 2. The summed E-state index contributed by atoms with van der Waals surface area (Å²) in [5, 5.41) is 20.4. The SMILES string of the molecule is O=C(O)c1cc(-c2ccc(C(=O)O)c(F)c2F)on1. The molecule has 0 aliphatic rings. The Balaban J connectivity index is 2.54. The van der Waals surface area contributed by atoms with Crippen molar-refractivity contribution >= 4 is 11.9 Å². The van der Waals surface area contributed by atoms with E-state index in [0.29, 0.717) is 0 Å². The summed E-state index contributed by atoms with van der Waals surface area (Å²) in [5.74, 6) is -6.33. The van der Waals surface area contributed by atoms with E-state index in [1.165, 1.54) is 0 Å². The van der Waals surface area contributed by atoms with Crippen LogP contribution in [0.1, 0.15) is 20.8 Å². The molecular formula is C11H5F2NO5. The van der Waals surface area contributed by atoms with Crippen LogP contribution in [0.4, 0.5) is 8.78 Å². The highest BCUT2D eigenvalue weighted by molar-refractivity contribution is 5.89. The molecule has 1 heterocycles. The molecule has 0 bridgehead atoms. The van der Waals surface area contributed by atoms with Gasteiger partial charge >= 0.3 is 11.9 Å². The minimum Gasteiger partial charge on any atom is -0.478 e. The summed E-state index contributed by atoms with van der Waals surface area (Å²) in [4.78, 5) is 21.2. The van der Waals surface area contributed by atoms with Gasteiger partial charge in [-0.1, -0.05) is 5.16 Å². The van der Waals surface area contributed by atoms with Crippen molar-refractivity contribution in [3.63, 3.8) is 0 Å². The van der Waals surface area contributed by atoms with Gasteiger partial charge in [-0.15, -0.1) is 0 Å². The number of carboxylic acid groups (broad SMARTS) is 2. The van der Waals surface area contributed by atoms with Crippen molar-refractivity contribution < 1.29 is 33.1 Å². The number of hydrogen-bond acceptors (Lipinski definition) is 4. The zero-order valence-electron chi connectivity index (χ0n) is 9.05. The number of carbonyl (C=O) groups is 2. The van der Waals surface area contributed by atoms with E-state index < -0.39 is 40.4 Å². The molecule has 0 aliphatic heterocycles. The lowest BCUT2D eigenvalue weighted by Gasteiger charge is -2.02. The second kappa shape index (κ2) is 4.48. The predicted octanol–water partition coefficient (Wildman–Crippen LogP) is 2.02. The lowest BCUT2D eigenvalue weighted by atomic mass is 10.1. The maximum Gasteiger partial charge on any atom is 0.358 e. The van der Waals surface area contributed by atoms with Crippen LogP contribution in [0, 0.1) is 11.6 Å². The Morgan fingerprint density at radius 1 is 1.11 bits per heavy atom. The summed E-state index contributed by atoms with van der Waals surface area (Å²) in [6.07, 6.45) is 0. The van der Waals surface area contributed by atoms with E-state index in [1.54, 1.807) is 0 Å². The topological polar surface area (TPSA) is 101 Å². The van der Waals surface area contributed by atoms with Gasteiger partial charge in [0.2, 0.25) is 0 Å². The maximum atomic E-state index is 13.6. The molecule has 19 heavy (non-hydrogen) atoms. The first-order chi connectivity index (χ1) is 8.91. The number of aromatic carboxylic acids is 2. The predicted molar refractivity (Wildman–Crippen MR) is 55.8 cm³/mol. The van der Waals surface area contributed by atoms with E-state index in [1.807, 2.05) is 0 Å². The molecule has 98 valence electrons. The third-order valence-electron chi connectivity index (χ3n) is 2.31. The molecule has 0 amide bonds. The van der Waals surface area contributed by atoms with Gasteiger partial charge in [0.15, 0.2) is 23.1 Å². The molecule has 0 saturated heterocycles. The lowest BCUT2D eigenvalue weighted by molar-refractivity contribution is 0.0677. The minimum atomic E-state index is -1.62. The third kappa shape index (κ3) is 2.15. The van der Waals surface area contributed by atoms with Crippen molar-refractivity contribution in [2.75, 3.05) is 0 Å². The molecule has 1 aromatic carbocycles. The number of nitrogens with zero attached hydrogens (tertiary/aromatic N) is 1. The Morgan fingerprint density at radius 2 is 1.79 bits per heavy atom. The molecule has 2 aromatic rings. The van der Waals surface area contributed by atoms with Crippen LogP contribution in [0.5, 0.6) is 0 Å². The van der Waals surface area contributed by atoms with Crippen LogP contribution in [0.15, 0.2) is 22.7 Å². The van der Waals surface area contributed by atoms with Crippen molar-refractivity contribution in [2.24, 2.45) is 0 Å². The monoisotopic (exact) mass is 269 g/mol. The van der Waals surface area contributed by atoms with Gasteiger partial charge in [0.25, 0.3) is 0 Å². The molecule has 0 fully saturated rings. The summed E-state index contributed by atoms with van der Waals surface area (Å²) in [5.41, 5.74) is -1.72. The lowest BCUT2D eigenvalue weighted by Crippen LogP contribution is -2.03. The molecule has 0 saturated carbocycles. The second-order valence-corrected chi connectivity index (χ2v) is 3.48. The van der Waals surface area contributed by atoms with Gasteiger partial charge in [0, 0.05) is 6.07 Å². The molecule has 0 atom stereocenters. The molecule has 8 heteroatoms. The van der Waals surface area contributed by atoms with E-state index in [9.17, 15) is 18.4 Å². The summed E-state index contributed by atoms with van der Waals surface area (Å²) in [6.45, 7) is 0. The van der Waals surface area contributed by atoms with Crippen molar-refractivity contribution in [2.45, 2.75) is 0 Å². The van der Waals surface area contributed by atoms with Gasteiger partial charge in [-0.05, 0) is 12.1 Å². The zero-order chi connectivity index (χ0) is 14.2. The Bertz CT molecular complexity index is 680. The number of aromatic nitrogens is 1. The van der Waals surface area contributed by atoms with Crippen molar-refractivity contribution in [3.05, 3.63) is 41.1 Å². The standard InChI is InChI=1S/C11H5F2NO5/c12-8-4(1-2-5(9(8)13)10(15)16)7-3-6(11(17)18)14-19-7/h1-3H,(H,15,16)(H,17,18). The molecule has 0 spiro atoms. The van der Waals surface area contributed by atoms with Crippen LogP contribution in [0.2, 0.25) is 0 Å². The minimum absolute atomic E-state index is 0.314. The molecule has 1 aromatic heterocycles. The average Bonchev–Trinajstić information content (AvgIpc) is 2.81. The molecule has 0 radical (unpaired) electrons. The molecule has 2 rings (SSSR count). The fourth-order valence-electron chi connectivity index (χ4n) is 1.41. The largest absolute Gasteiger partial charge is 0.478 e. The fourth-order valence-corrected chi connectivity index (χ4v) is 1.41. The first-order valence-corrected chi connectivity index (χ1v) is 4.83. The van der Waals surface area contributed by atoms with Gasteiger partial charge in [0.1, 0.15) is 0 Å². The molecule has 0 unspecified atom stereocenters. The third-order valence-corrected chi connectivity index (χ3v) is 2.31.